The van der Waals surface area contributed by atoms with Gasteiger partial charge in [0.25, 0.3) is 11.2 Å². The molecule has 0 radical (unpaired) electrons. The van der Waals surface area contributed by atoms with Crippen LogP contribution >= 0.6 is 0 Å². The van der Waals surface area contributed by atoms with E-state index in [1.54, 1.807) is 12.1 Å². The highest BCUT2D eigenvalue weighted by molar-refractivity contribution is 5.65. The van der Waals surface area contributed by atoms with E-state index in [0.717, 1.165) is 5.56 Å². The molecule has 1 heterocycles. The molecule has 0 fully saturated rings. The number of nitrogens with zero attached hydrogens (tertiary/aromatic N) is 2. The van der Waals surface area contributed by atoms with Gasteiger partial charge in [-0.25, -0.2) is 4.98 Å². The zero-order chi connectivity index (χ0) is 15.5. The number of aromatic amines is 1. The molecular formula is C16H11N3O3. The molecular weight excluding hydrogens is 282 g/mol. The summed E-state index contributed by atoms with van der Waals surface area (Å²) in [6.45, 7) is 0. The van der Waals surface area contributed by atoms with E-state index in [4.69, 9.17) is 0 Å². The van der Waals surface area contributed by atoms with Crippen molar-refractivity contribution in [1.82, 2.24) is 9.97 Å². The Morgan fingerprint density at radius 1 is 0.955 bits per heavy atom. The first kappa shape index (κ1) is 13.7. The molecule has 0 saturated heterocycles. The molecule has 6 nitrogen and oxygen atoms in total. The van der Waals surface area contributed by atoms with Gasteiger partial charge in [0, 0.05) is 29.3 Å². The van der Waals surface area contributed by atoms with Crippen molar-refractivity contribution < 1.29 is 4.92 Å². The number of nitro benzene ring substituents is 1. The van der Waals surface area contributed by atoms with Crippen LogP contribution in [0.5, 0.6) is 0 Å². The van der Waals surface area contributed by atoms with Gasteiger partial charge in [-0.3, -0.25) is 14.9 Å². The first-order valence-corrected chi connectivity index (χ1v) is 6.55. The standard InChI is InChI=1S/C16H11N3O3/c20-15-10-14(12-7-4-8-13(9-12)19(21)22)17-16(18-15)11-5-2-1-3-6-11/h1-10H,(H,17,18,20). The molecule has 0 spiro atoms. The van der Waals surface area contributed by atoms with E-state index in [1.165, 1.54) is 18.2 Å². The molecule has 0 aliphatic rings. The monoisotopic (exact) mass is 293 g/mol. The fourth-order valence-electron chi connectivity index (χ4n) is 2.12. The van der Waals surface area contributed by atoms with Crippen LogP contribution < -0.4 is 5.56 Å². The van der Waals surface area contributed by atoms with Crippen LogP contribution in [-0.4, -0.2) is 14.9 Å². The second kappa shape index (κ2) is 5.61. The molecule has 1 N–H and O–H groups in total. The van der Waals surface area contributed by atoms with Crippen LogP contribution in [0.25, 0.3) is 22.6 Å². The molecule has 2 aromatic carbocycles. The minimum Gasteiger partial charge on any atom is -0.306 e. The third kappa shape index (κ3) is 2.76. The number of non-ortho nitro benzene ring substituents is 1. The maximum Gasteiger partial charge on any atom is 0.270 e. The van der Waals surface area contributed by atoms with E-state index in [9.17, 15) is 14.9 Å². The second-order valence-corrected chi connectivity index (χ2v) is 4.65. The quantitative estimate of drug-likeness (QED) is 0.593. The molecule has 6 heteroatoms. The summed E-state index contributed by atoms with van der Waals surface area (Å²) in [7, 11) is 0. The van der Waals surface area contributed by atoms with Gasteiger partial charge < -0.3 is 4.98 Å². The third-order valence-electron chi connectivity index (χ3n) is 3.14. The molecule has 0 aliphatic carbocycles. The highest BCUT2D eigenvalue weighted by Gasteiger charge is 2.10. The molecule has 108 valence electrons. The summed E-state index contributed by atoms with van der Waals surface area (Å²) in [5, 5.41) is 10.9. The molecule has 3 aromatic rings. The van der Waals surface area contributed by atoms with Crippen LogP contribution in [0.3, 0.4) is 0 Å². The van der Waals surface area contributed by atoms with E-state index in [2.05, 4.69) is 9.97 Å². The molecule has 0 saturated carbocycles. The summed E-state index contributed by atoms with van der Waals surface area (Å²) in [5.41, 5.74) is 1.34. The second-order valence-electron chi connectivity index (χ2n) is 4.65. The van der Waals surface area contributed by atoms with Gasteiger partial charge in [0.05, 0.1) is 10.6 Å². The summed E-state index contributed by atoms with van der Waals surface area (Å²) in [6.07, 6.45) is 0. The van der Waals surface area contributed by atoms with Gasteiger partial charge in [0.15, 0.2) is 0 Å². The number of nitro groups is 1. The van der Waals surface area contributed by atoms with Crippen molar-refractivity contribution in [1.29, 1.82) is 0 Å². The highest BCUT2D eigenvalue weighted by Crippen LogP contribution is 2.23. The topological polar surface area (TPSA) is 88.9 Å². The number of hydrogen-bond donors (Lipinski definition) is 1. The predicted octanol–water partition coefficient (Wildman–Crippen LogP) is 3.01. The van der Waals surface area contributed by atoms with Crippen LogP contribution in [-0.2, 0) is 0 Å². The number of hydrogen-bond acceptors (Lipinski definition) is 4. The van der Waals surface area contributed by atoms with Crippen molar-refractivity contribution in [2.24, 2.45) is 0 Å². The molecule has 1 aromatic heterocycles. The summed E-state index contributed by atoms with van der Waals surface area (Å²) < 4.78 is 0. The first-order chi connectivity index (χ1) is 10.6. The maximum absolute atomic E-state index is 11.8. The normalized spacial score (nSPS) is 10.4. The number of nitrogens with one attached hydrogen (secondary N) is 1. The summed E-state index contributed by atoms with van der Waals surface area (Å²) >= 11 is 0. The SMILES string of the molecule is O=c1cc(-c2cccc([N+](=O)[O-])c2)nc(-c2ccccc2)[nH]1. The number of benzene rings is 2. The van der Waals surface area contributed by atoms with Crippen LogP contribution in [0.4, 0.5) is 5.69 Å². The molecule has 22 heavy (non-hydrogen) atoms. The smallest absolute Gasteiger partial charge is 0.270 e. The van der Waals surface area contributed by atoms with Gasteiger partial charge in [0.2, 0.25) is 0 Å². The van der Waals surface area contributed by atoms with Crippen LogP contribution in [0, 0.1) is 10.1 Å². The van der Waals surface area contributed by atoms with Crippen LogP contribution in [0.1, 0.15) is 0 Å². The Balaban J connectivity index is 2.13. The Morgan fingerprint density at radius 3 is 2.41 bits per heavy atom. The highest BCUT2D eigenvalue weighted by atomic mass is 16.6. The van der Waals surface area contributed by atoms with Crippen molar-refractivity contribution in [3.05, 3.63) is 81.1 Å². The average molecular weight is 293 g/mol. The molecule has 0 unspecified atom stereocenters. The Hall–Kier alpha value is -3.28. The average Bonchev–Trinajstić information content (AvgIpc) is 2.55. The lowest BCUT2D eigenvalue weighted by Crippen LogP contribution is -2.08. The predicted molar refractivity (Wildman–Crippen MR) is 82.4 cm³/mol. The van der Waals surface area contributed by atoms with Crippen molar-refractivity contribution in [3.8, 4) is 22.6 Å². The maximum atomic E-state index is 11.8. The van der Waals surface area contributed by atoms with Gasteiger partial charge >= 0.3 is 0 Å². The van der Waals surface area contributed by atoms with Gasteiger partial charge in [-0.05, 0) is 0 Å². The van der Waals surface area contributed by atoms with Crippen molar-refractivity contribution in [2.45, 2.75) is 0 Å². The Labute approximate surface area is 125 Å². The fourth-order valence-corrected chi connectivity index (χ4v) is 2.12. The lowest BCUT2D eigenvalue weighted by molar-refractivity contribution is -0.384. The van der Waals surface area contributed by atoms with Crippen LogP contribution in [0.2, 0.25) is 0 Å². The number of H-pyrrole nitrogens is 1. The minimum absolute atomic E-state index is 0.0409. The fraction of sp³-hybridized carbons (Fsp3) is 0. The molecule has 0 bridgehead atoms. The van der Waals surface area contributed by atoms with E-state index in [1.807, 2.05) is 30.3 Å². The van der Waals surface area contributed by atoms with E-state index in [0.29, 0.717) is 17.1 Å². The van der Waals surface area contributed by atoms with Gasteiger partial charge in [-0.2, -0.15) is 0 Å². The largest absolute Gasteiger partial charge is 0.306 e. The molecule has 3 rings (SSSR count). The van der Waals surface area contributed by atoms with Gasteiger partial charge in [0.1, 0.15) is 5.82 Å². The van der Waals surface area contributed by atoms with Crippen molar-refractivity contribution in [2.75, 3.05) is 0 Å². The minimum atomic E-state index is -0.477. The Kier molecular flexibility index (Phi) is 3.49. The van der Waals surface area contributed by atoms with Crippen LogP contribution in [0.15, 0.2) is 65.5 Å². The lowest BCUT2D eigenvalue weighted by atomic mass is 10.1. The van der Waals surface area contributed by atoms with E-state index >= 15 is 0 Å². The Morgan fingerprint density at radius 2 is 1.68 bits per heavy atom. The molecule has 0 aliphatic heterocycles. The van der Waals surface area contributed by atoms with Crippen molar-refractivity contribution in [3.63, 3.8) is 0 Å². The molecule has 0 atom stereocenters. The van der Waals surface area contributed by atoms with Gasteiger partial charge in [-0.1, -0.05) is 42.5 Å². The zero-order valence-electron chi connectivity index (χ0n) is 11.4. The van der Waals surface area contributed by atoms with E-state index in [-0.39, 0.29) is 11.2 Å². The summed E-state index contributed by atoms with van der Waals surface area (Å²) in [6, 6.07) is 16.6. The third-order valence-corrected chi connectivity index (χ3v) is 3.14. The lowest BCUT2D eigenvalue weighted by Gasteiger charge is -2.04. The first-order valence-electron chi connectivity index (χ1n) is 6.55. The summed E-state index contributed by atoms with van der Waals surface area (Å²) in [4.78, 5) is 29.3. The van der Waals surface area contributed by atoms with Gasteiger partial charge in [-0.15, -0.1) is 0 Å². The van der Waals surface area contributed by atoms with Crippen molar-refractivity contribution >= 4 is 5.69 Å². The number of rotatable bonds is 3. The molecule has 0 amide bonds. The summed E-state index contributed by atoms with van der Waals surface area (Å²) in [5.74, 6) is 0.426. The zero-order valence-corrected chi connectivity index (χ0v) is 11.4. The Bertz CT molecular complexity index is 888. The van der Waals surface area contributed by atoms with E-state index < -0.39 is 4.92 Å². The number of aromatic nitrogens is 2.